The summed E-state index contributed by atoms with van der Waals surface area (Å²) in [5.41, 5.74) is 1.07. The fourth-order valence-corrected chi connectivity index (χ4v) is 8.65. The van der Waals surface area contributed by atoms with E-state index in [2.05, 4.69) is 133 Å². The molecule has 7 atom stereocenters. The van der Waals surface area contributed by atoms with Crippen LogP contribution in [0.4, 0.5) is 0 Å². The van der Waals surface area contributed by atoms with Crippen LogP contribution in [0.3, 0.4) is 0 Å². The minimum Gasteiger partial charge on any atom is -0.358 e. The van der Waals surface area contributed by atoms with Crippen molar-refractivity contribution in [1.29, 1.82) is 0 Å². The van der Waals surface area contributed by atoms with Crippen LogP contribution >= 0.6 is 0 Å². The van der Waals surface area contributed by atoms with Crippen LogP contribution < -0.4 is 0 Å². The number of hydrogen-bond donors (Lipinski definition) is 0. The number of fused-ring (bicyclic) bond motifs is 8. The molecular formula is C57H118B3W5. The van der Waals surface area contributed by atoms with Crippen LogP contribution in [0.15, 0.2) is 36.5 Å². The van der Waals surface area contributed by atoms with Gasteiger partial charge in [-0.1, -0.05) is 175 Å². The third kappa shape index (κ3) is 53.0. The molecule has 0 aromatic rings. The van der Waals surface area contributed by atoms with Gasteiger partial charge < -0.3 is 25.7 Å². The number of rotatable bonds is 1. The first-order chi connectivity index (χ1) is 22.9. The van der Waals surface area contributed by atoms with E-state index < -0.39 is 0 Å². The third-order valence-electron chi connectivity index (χ3n) is 11.7. The molecule has 65 heavy (non-hydrogen) atoms. The van der Waals surface area contributed by atoms with Gasteiger partial charge >= 0.3 is 42.1 Å². The first kappa shape index (κ1) is 109. The Kier molecular flexibility index (Phi) is 96.5. The second-order valence-electron chi connectivity index (χ2n) is 20.7. The van der Waals surface area contributed by atoms with Gasteiger partial charge in [0.2, 0.25) is 0 Å². The van der Waals surface area contributed by atoms with Crippen molar-refractivity contribution >= 4 is 25.2 Å². The Labute approximate surface area is 496 Å². The van der Waals surface area contributed by atoms with Gasteiger partial charge in [0, 0.05) is 88.4 Å². The van der Waals surface area contributed by atoms with Crippen LogP contribution in [0.1, 0.15) is 245 Å². The normalized spacial score (nSPS) is 25.2. The van der Waals surface area contributed by atoms with E-state index in [-0.39, 0.29) is 190 Å². The topological polar surface area (TPSA) is 0 Å². The van der Waals surface area contributed by atoms with E-state index in [1.54, 1.807) is 25.7 Å². The molecule has 0 spiro atoms. The van der Waals surface area contributed by atoms with Gasteiger partial charge in [0.05, 0.1) is 0 Å². The molecule has 0 aliphatic heterocycles. The molecule has 0 aromatic heterocycles. The fourth-order valence-electron chi connectivity index (χ4n) is 8.65. The van der Waals surface area contributed by atoms with Gasteiger partial charge in [-0.2, -0.15) is 48.0 Å². The monoisotopic (exact) mass is 1760 g/mol. The van der Waals surface area contributed by atoms with E-state index in [9.17, 15) is 0 Å². The molecule has 9 aliphatic carbocycles. The van der Waals surface area contributed by atoms with Crippen molar-refractivity contribution in [3.05, 3.63) is 62.1 Å². The summed E-state index contributed by atoms with van der Waals surface area (Å²) in [6.07, 6.45) is 40.3. The molecule has 0 heterocycles. The molecule has 8 bridgehead atoms. The Morgan fingerprint density at radius 1 is 0.523 bits per heavy atom. The molecule has 9 rings (SSSR count). The summed E-state index contributed by atoms with van der Waals surface area (Å²) in [7, 11) is 0. The fraction of sp³-hybridized carbons (Fsp3) is 0.825. The van der Waals surface area contributed by atoms with Gasteiger partial charge in [-0.15, -0.1) is 12.0 Å². The quantitative estimate of drug-likeness (QED) is 0.139. The van der Waals surface area contributed by atoms with Crippen LogP contribution in [0.25, 0.3) is 0 Å². The molecule has 385 valence electrons. The predicted molar refractivity (Wildman–Crippen MR) is 293 cm³/mol. The first-order valence-corrected chi connectivity index (χ1v) is 21.3. The van der Waals surface area contributed by atoms with E-state index in [0.29, 0.717) is 10.8 Å². The second-order valence-corrected chi connectivity index (χ2v) is 20.7. The number of allylic oxidation sites excluding steroid dienone is 6. The van der Waals surface area contributed by atoms with Gasteiger partial charge in [-0.3, -0.25) is 0 Å². The average molecular weight is 1760 g/mol. The Morgan fingerprint density at radius 3 is 1.12 bits per heavy atom. The van der Waals surface area contributed by atoms with Crippen LogP contribution in [-0.2, 0) is 105 Å². The van der Waals surface area contributed by atoms with Crippen LogP contribution in [0.2, 0.25) is 0 Å². The molecule has 0 saturated heterocycles. The Balaban J connectivity index is -0.0000000341. The smallest absolute Gasteiger partial charge is 0.358 e. The summed E-state index contributed by atoms with van der Waals surface area (Å²) < 4.78 is 0. The van der Waals surface area contributed by atoms with Gasteiger partial charge in [-0.05, 0) is 110 Å². The SMILES string of the molecule is C.C.C.C.C.C.C.C1=CC2CCCC1C2.C1=CC2C[CH-]C1C2.C1CC2CC(C1)C2.CC(C)(C)CC1C2C=CCC1CC2.CCC(C)(C)C.C[C-](C)C.C[C-](C)C.[B].[B].[B].[CH3-].[W+2].[W+2].[W].[W].[W]. The van der Waals surface area contributed by atoms with E-state index in [4.69, 9.17) is 0 Å². The van der Waals surface area contributed by atoms with Gasteiger partial charge in [0.25, 0.3) is 0 Å². The average Bonchev–Trinajstić information content (AvgIpc) is 3.77. The van der Waals surface area contributed by atoms with E-state index in [1.807, 2.05) is 0 Å². The maximum atomic E-state index is 2.49. The minimum absolute atomic E-state index is 0. The molecular weight excluding hydrogens is 1640 g/mol. The summed E-state index contributed by atoms with van der Waals surface area (Å²) in [6.45, 7) is 28.6. The van der Waals surface area contributed by atoms with Gasteiger partial charge in [0.15, 0.2) is 0 Å². The molecule has 0 amide bonds. The zero-order valence-corrected chi connectivity index (χ0v) is 55.0. The summed E-state index contributed by atoms with van der Waals surface area (Å²) >= 11 is 0. The third-order valence-corrected chi connectivity index (χ3v) is 11.7. The van der Waals surface area contributed by atoms with Crippen molar-refractivity contribution in [3.63, 3.8) is 0 Å². The van der Waals surface area contributed by atoms with Gasteiger partial charge in [0.1, 0.15) is 0 Å². The Bertz CT molecular complexity index is 918. The first-order valence-electron chi connectivity index (χ1n) is 21.3. The molecule has 0 aromatic carbocycles. The minimum atomic E-state index is 0. The van der Waals surface area contributed by atoms with Crippen LogP contribution in [-0.4, -0.2) is 25.2 Å². The van der Waals surface area contributed by atoms with Gasteiger partial charge in [-0.25, -0.2) is 0 Å². The standard InChI is InChI=1S/C13H22.C8H12.C7H9.C7H12.C6H14.2C4H9.7CH4.CH3.3B.5W/c1-13(2,3)9-12-10-5-4-6-11(12)8-7-10;1-2-7-4-5-8(3-1)6-7;1-2-7-4-3-6(1)5-7;1-2-6-4-7(3-1)5-6;1-5-6(2,3)4;2*1-4(2)3;;;;;;;;;;;;;;;;/h4-5,10-12H,6-9H2,1-3H3;4-5,7-8H,1-3,6H2;1-3,6-7H,4-5H2;6-7H,1-5H2;5H2,1-4H3;2*1-3H3;7*1H4;1H3;;;;;;;;/q;;-1;;;2*-1;;;;;;;;-1;;;;;;;2*+2. The maximum Gasteiger partial charge on any atom is 2.00 e. The molecule has 7 unspecified atom stereocenters. The molecule has 8 heteroatoms. The summed E-state index contributed by atoms with van der Waals surface area (Å²) in [5.74, 6) is 11.9. The van der Waals surface area contributed by atoms with Crippen molar-refractivity contribution < 1.29 is 105 Å². The van der Waals surface area contributed by atoms with E-state index >= 15 is 0 Å². The largest absolute Gasteiger partial charge is 2.00 e. The predicted octanol–water partition coefficient (Wildman–Crippen LogP) is 19.8. The zero-order chi connectivity index (χ0) is 36.6. The number of hydrogen-bond acceptors (Lipinski definition) is 0. The molecule has 6 saturated carbocycles. The van der Waals surface area contributed by atoms with E-state index in [1.165, 1.54) is 101 Å². The molecule has 9 radical (unpaired) electrons. The summed E-state index contributed by atoms with van der Waals surface area (Å²) in [6, 6.07) is 0. The van der Waals surface area contributed by atoms with Crippen molar-refractivity contribution in [2.24, 2.45) is 64.1 Å². The van der Waals surface area contributed by atoms with Crippen molar-refractivity contribution in [3.8, 4) is 0 Å². The molecule has 0 nitrogen and oxygen atoms in total. The zero-order valence-electron chi connectivity index (χ0n) is 40.3. The summed E-state index contributed by atoms with van der Waals surface area (Å²) in [4.78, 5) is 0. The van der Waals surface area contributed by atoms with Crippen molar-refractivity contribution in [2.45, 2.75) is 245 Å². The molecule has 6 fully saturated rings. The van der Waals surface area contributed by atoms with Crippen LogP contribution in [0.5, 0.6) is 0 Å². The van der Waals surface area contributed by atoms with E-state index in [0.717, 1.165) is 41.4 Å². The molecule has 9 aliphatic rings. The van der Waals surface area contributed by atoms with Crippen LogP contribution in [0, 0.1) is 89.8 Å². The second kappa shape index (κ2) is 57.8. The maximum absolute atomic E-state index is 2.49. The van der Waals surface area contributed by atoms with Crippen molar-refractivity contribution in [1.82, 2.24) is 0 Å². The van der Waals surface area contributed by atoms with Crippen molar-refractivity contribution in [2.75, 3.05) is 0 Å². The Hall–Kier alpha value is 2.86. The molecule has 0 N–H and O–H groups in total. The Morgan fingerprint density at radius 2 is 0.908 bits per heavy atom. The summed E-state index contributed by atoms with van der Waals surface area (Å²) in [5, 5.41) is 0.